The fourth-order valence-corrected chi connectivity index (χ4v) is 1.58. The summed E-state index contributed by atoms with van der Waals surface area (Å²) >= 11 is 2.18. The molecule has 2 aromatic heterocycles. The molecule has 0 aliphatic heterocycles. The zero-order valence-electron chi connectivity index (χ0n) is 5.66. The molecule has 0 bridgehead atoms. The van der Waals surface area contributed by atoms with Crippen molar-refractivity contribution in [2.45, 2.75) is 0 Å². The average molecular weight is 256 g/mol. The molecule has 0 N–H and O–H groups in total. The Balaban J connectivity index is 2.91. The molecule has 2 aromatic rings. The summed E-state index contributed by atoms with van der Waals surface area (Å²) in [5.41, 5.74) is 0.982. The Labute approximate surface area is 77.8 Å². The third kappa shape index (κ3) is 1.20. The molecule has 11 heavy (non-hydrogen) atoms. The summed E-state index contributed by atoms with van der Waals surface area (Å²) < 4.78 is 0.959. The molecule has 3 heteroatoms. The maximum Gasteiger partial charge on any atom is 0.127 e. The van der Waals surface area contributed by atoms with E-state index in [-0.39, 0.29) is 0 Å². The van der Waals surface area contributed by atoms with Gasteiger partial charge < -0.3 is 0 Å². The lowest BCUT2D eigenvalue weighted by Gasteiger charge is -1.95. The molecule has 0 aliphatic carbocycles. The number of fused-ring (bicyclic) bond motifs is 1. The van der Waals surface area contributed by atoms with E-state index < -0.39 is 0 Å². The van der Waals surface area contributed by atoms with Gasteiger partial charge in [-0.3, -0.25) is 4.98 Å². The Morgan fingerprint density at radius 1 is 1.09 bits per heavy atom. The molecule has 2 nitrogen and oxygen atoms in total. The molecular formula is C8H5IN2. The first-order valence-electron chi connectivity index (χ1n) is 3.23. The summed E-state index contributed by atoms with van der Waals surface area (Å²) in [6.45, 7) is 0. The monoisotopic (exact) mass is 256 g/mol. The van der Waals surface area contributed by atoms with Crippen LogP contribution in [-0.2, 0) is 0 Å². The van der Waals surface area contributed by atoms with Crippen molar-refractivity contribution in [3.05, 3.63) is 34.3 Å². The first-order valence-corrected chi connectivity index (χ1v) is 4.31. The summed E-state index contributed by atoms with van der Waals surface area (Å²) in [7, 11) is 0. The molecule has 0 saturated heterocycles. The number of hydrogen-bond donors (Lipinski definition) is 0. The standard InChI is InChI=1S/C8H5IN2/c9-8-7-6(3-5-11-8)2-1-4-10-7/h1-5H. The third-order valence-corrected chi connectivity index (χ3v) is 2.27. The minimum Gasteiger partial charge on any atom is -0.253 e. The van der Waals surface area contributed by atoms with Crippen LogP contribution in [0.1, 0.15) is 0 Å². The van der Waals surface area contributed by atoms with Gasteiger partial charge in [-0.25, -0.2) is 4.98 Å². The van der Waals surface area contributed by atoms with Crippen LogP contribution in [-0.4, -0.2) is 9.97 Å². The highest BCUT2D eigenvalue weighted by molar-refractivity contribution is 14.1. The van der Waals surface area contributed by atoms with E-state index in [1.807, 2.05) is 18.2 Å². The van der Waals surface area contributed by atoms with Crippen LogP contribution in [0, 0.1) is 3.70 Å². The van der Waals surface area contributed by atoms with Gasteiger partial charge in [0, 0.05) is 17.8 Å². The molecule has 0 aromatic carbocycles. The first-order chi connectivity index (χ1) is 5.38. The van der Waals surface area contributed by atoms with Crippen LogP contribution in [0.15, 0.2) is 30.6 Å². The zero-order valence-corrected chi connectivity index (χ0v) is 7.82. The molecule has 0 radical (unpaired) electrons. The van der Waals surface area contributed by atoms with Crippen molar-refractivity contribution in [1.82, 2.24) is 9.97 Å². The summed E-state index contributed by atoms with van der Waals surface area (Å²) in [6, 6.07) is 5.93. The predicted molar refractivity (Wildman–Crippen MR) is 52.3 cm³/mol. The van der Waals surface area contributed by atoms with E-state index in [4.69, 9.17) is 0 Å². The van der Waals surface area contributed by atoms with E-state index in [2.05, 4.69) is 32.6 Å². The zero-order chi connectivity index (χ0) is 7.68. The molecule has 0 atom stereocenters. The highest BCUT2D eigenvalue weighted by atomic mass is 127. The Bertz CT molecular complexity index is 381. The molecule has 0 saturated carbocycles. The van der Waals surface area contributed by atoms with Gasteiger partial charge in [0.15, 0.2) is 0 Å². The number of hydrogen-bond acceptors (Lipinski definition) is 2. The van der Waals surface area contributed by atoms with Crippen LogP contribution in [0.5, 0.6) is 0 Å². The van der Waals surface area contributed by atoms with E-state index in [0.717, 1.165) is 14.6 Å². The lowest BCUT2D eigenvalue weighted by atomic mass is 10.3. The molecule has 0 amide bonds. The number of aromatic nitrogens is 2. The van der Waals surface area contributed by atoms with Crippen LogP contribution in [0.4, 0.5) is 0 Å². The quantitative estimate of drug-likeness (QED) is 0.533. The van der Waals surface area contributed by atoms with Crippen molar-refractivity contribution >= 4 is 33.5 Å². The first kappa shape index (κ1) is 6.97. The second kappa shape index (κ2) is 2.73. The van der Waals surface area contributed by atoms with E-state index in [1.165, 1.54) is 0 Å². The number of halogens is 1. The van der Waals surface area contributed by atoms with Gasteiger partial charge in [-0.15, -0.1) is 0 Å². The second-order valence-electron chi connectivity index (χ2n) is 2.18. The van der Waals surface area contributed by atoms with Gasteiger partial charge in [0.05, 0.1) is 0 Å². The van der Waals surface area contributed by atoms with Gasteiger partial charge in [-0.05, 0) is 34.7 Å². The van der Waals surface area contributed by atoms with Crippen molar-refractivity contribution in [1.29, 1.82) is 0 Å². The Kier molecular flexibility index (Phi) is 1.73. The molecule has 2 rings (SSSR count). The number of nitrogens with zero attached hydrogens (tertiary/aromatic N) is 2. The van der Waals surface area contributed by atoms with Gasteiger partial charge in [0.25, 0.3) is 0 Å². The second-order valence-corrected chi connectivity index (χ2v) is 3.20. The smallest absolute Gasteiger partial charge is 0.127 e. The SMILES string of the molecule is Ic1nccc2cccnc12. The van der Waals surface area contributed by atoms with Crippen molar-refractivity contribution < 1.29 is 0 Å². The van der Waals surface area contributed by atoms with Crippen LogP contribution >= 0.6 is 22.6 Å². The van der Waals surface area contributed by atoms with Gasteiger partial charge in [0.2, 0.25) is 0 Å². The number of pyridine rings is 2. The minimum atomic E-state index is 0.959. The summed E-state index contributed by atoms with van der Waals surface area (Å²) in [5, 5.41) is 1.15. The lowest BCUT2D eigenvalue weighted by Crippen LogP contribution is -1.84. The highest BCUT2D eigenvalue weighted by Crippen LogP contribution is 2.14. The molecule has 2 heterocycles. The lowest BCUT2D eigenvalue weighted by molar-refractivity contribution is 1.27. The molecule has 0 fully saturated rings. The van der Waals surface area contributed by atoms with E-state index in [9.17, 15) is 0 Å². The maximum absolute atomic E-state index is 4.21. The predicted octanol–water partition coefficient (Wildman–Crippen LogP) is 2.23. The van der Waals surface area contributed by atoms with Gasteiger partial charge in [-0.1, -0.05) is 6.07 Å². The van der Waals surface area contributed by atoms with Crippen LogP contribution in [0.2, 0.25) is 0 Å². The van der Waals surface area contributed by atoms with Crippen molar-refractivity contribution in [3.8, 4) is 0 Å². The largest absolute Gasteiger partial charge is 0.253 e. The summed E-state index contributed by atoms with van der Waals surface area (Å²) in [4.78, 5) is 8.34. The minimum absolute atomic E-state index is 0.959. The number of rotatable bonds is 0. The summed E-state index contributed by atoms with van der Waals surface area (Å²) in [5.74, 6) is 0. The average Bonchev–Trinajstić information content (AvgIpc) is 2.06. The fourth-order valence-electron chi connectivity index (χ4n) is 0.969. The van der Waals surface area contributed by atoms with Gasteiger partial charge in [0.1, 0.15) is 9.22 Å². The Hall–Kier alpha value is -0.710. The van der Waals surface area contributed by atoms with Crippen LogP contribution in [0.25, 0.3) is 10.9 Å². The Morgan fingerprint density at radius 2 is 2.00 bits per heavy atom. The van der Waals surface area contributed by atoms with Crippen molar-refractivity contribution in [3.63, 3.8) is 0 Å². The fraction of sp³-hybridized carbons (Fsp3) is 0. The highest BCUT2D eigenvalue weighted by Gasteiger charge is 1.96. The maximum atomic E-state index is 4.21. The normalized spacial score (nSPS) is 10.3. The topological polar surface area (TPSA) is 25.8 Å². The molecule has 0 unspecified atom stereocenters. The van der Waals surface area contributed by atoms with Crippen LogP contribution in [0.3, 0.4) is 0 Å². The van der Waals surface area contributed by atoms with E-state index in [1.54, 1.807) is 12.4 Å². The van der Waals surface area contributed by atoms with Crippen molar-refractivity contribution in [2.75, 3.05) is 0 Å². The van der Waals surface area contributed by atoms with Gasteiger partial charge >= 0.3 is 0 Å². The molecule has 0 spiro atoms. The molecule has 54 valence electrons. The molecular weight excluding hydrogens is 251 g/mol. The Morgan fingerprint density at radius 3 is 2.82 bits per heavy atom. The van der Waals surface area contributed by atoms with Crippen molar-refractivity contribution in [2.24, 2.45) is 0 Å². The van der Waals surface area contributed by atoms with E-state index >= 15 is 0 Å². The summed E-state index contributed by atoms with van der Waals surface area (Å²) in [6.07, 6.45) is 3.58. The van der Waals surface area contributed by atoms with Gasteiger partial charge in [-0.2, -0.15) is 0 Å². The van der Waals surface area contributed by atoms with E-state index in [0.29, 0.717) is 0 Å². The third-order valence-electron chi connectivity index (χ3n) is 1.48. The molecule has 0 aliphatic rings. The van der Waals surface area contributed by atoms with Crippen LogP contribution < -0.4 is 0 Å².